The first-order valence-electron chi connectivity index (χ1n) is 9.28. The van der Waals surface area contributed by atoms with Crippen LogP contribution in [-0.4, -0.2) is 39.8 Å². The van der Waals surface area contributed by atoms with E-state index in [1.807, 2.05) is 73.3 Å². The molecular weight excluding hydrogens is 420 g/mol. The predicted molar refractivity (Wildman–Crippen MR) is 121 cm³/mol. The van der Waals surface area contributed by atoms with Gasteiger partial charge in [-0.2, -0.15) is 0 Å². The van der Waals surface area contributed by atoms with Gasteiger partial charge in [0.1, 0.15) is 0 Å². The Morgan fingerprint density at radius 3 is 2.57 bits per heavy atom. The highest BCUT2D eigenvalue weighted by Crippen LogP contribution is 2.31. The number of ether oxygens (including phenoxy) is 2. The molecule has 3 rings (SSSR count). The molecule has 0 aliphatic carbocycles. The van der Waals surface area contributed by atoms with Crippen LogP contribution in [-0.2, 0) is 11.8 Å². The molecule has 9 heteroatoms. The second-order valence-corrected chi connectivity index (χ2v) is 8.14. The number of thioether (sulfide) groups is 2. The quantitative estimate of drug-likeness (QED) is 0.490. The van der Waals surface area contributed by atoms with Gasteiger partial charge in [0.15, 0.2) is 28.6 Å². The van der Waals surface area contributed by atoms with Crippen molar-refractivity contribution in [1.82, 2.24) is 14.8 Å². The molecule has 0 spiro atoms. The van der Waals surface area contributed by atoms with Crippen molar-refractivity contribution in [3.8, 4) is 11.5 Å². The molecule has 1 heterocycles. The first kappa shape index (κ1) is 22.0. The number of hydrogen-bond donors (Lipinski definition) is 1. The summed E-state index contributed by atoms with van der Waals surface area (Å²) in [7, 11) is 3.47. The van der Waals surface area contributed by atoms with Gasteiger partial charge < -0.3 is 19.4 Å². The lowest BCUT2D eigenvalue weighted by Gasteiger charge is -2.16. The zero-order chi connectivity index (χ0) is 21.5. The van der Waals surface area contributed by atoms with Crippen molar-refractivity contribution in [3.63, 3.8) is 0 Å². The lowest BCUT2D eigenvalue weighted by atomic mass is 10.3. The van der Waals surface area contributed by atoms with Crippen molar-refractivity contribution >= 4 is 35.1 Å². The molecule has 1 N–H and O–H groups in total. The summed E-state index contributed by atoms with van der Waals surface area (Å²) in [6, 6.07) is 15.2. The van der Waals surface area contributed by atoms with Crippen LogP contribution in [0.1, 0.15) is 18.9 Å². The SMILES string of the molecule is COc1ccccc1OC(C)c1nnc(SCC(=O)Nc2ccccc2SC)n1C. The van der Waals surface area contributed by atoms with Gasteiger partial charge in [-0.25, -0.2) is 0 Å². The van der Waals surface area contributed by atoms with Crippen LogP contribution < -0.4 is 14.8 Å². The van der Waals surface area contributed by atoms with Crippen LogP contribution in [0.5, 0.6) is 11.5 Å². The van der Waals surface area contributed by atoms with Gasteiger partial charge in [-0.15, -0.1) is 22.0 Å². The number of carbonyl (C=O) groups excluding carboxylic acids is 1. The number of benzene rings is 2. The minimum Gasteiger partial charge on any atom is -0.493 e. The largest absolute Gasteiger partial charge is 0.493 e. The maximum Gasteiger partial charge on any atom is 0.234 e. The third-order valence-corrected chi connectivity index (χ3v) is 6.13. The first-order valence-corrected chi connectivity index (χ1v) is 11.5. The van der Waals surface area contributed by atoms with Gasteiger partial charge in [0.2, 0.25) is 5.91 Å². The van der Waals surface area contributed by atoms with E-state index in [1.165, 1.54) is 11.8 Å². The minimum absolute atomic E-state index is 0.0932. The van der Waals surface area contributed by atoms with E-state index in [9.17, 15) is 4.79 Å². The number of para-hydroxylation sites is 3. The summed E-state index contributed by atoms with van der Waals surface area (Å²) < 4.78 is 13.2. The van der Waals surface area contributed by atoms with Crippen LogP contribution >= 0.6 is 23.5 Å². The van der Waals surface area contributed by atoms with Crippen molar-refractivity contribution in [1.29, 1.82) is 0 Å². The number of nitrogens with one attached hydrogen (secondary N) is 1. The average Bonchev–Trinajstić information content (AvgIpc) is 3.13. The third-order valence-electron chi connectivity index (χ3n) is 4.32. The lowest BCUT2D eigenvalue weighted by molar-refractivity contribution is -0.113. The van der Waals surface area contributed by atoms with Crippen molar-refractivity contribution in [2.45, 2.75) is 23.1 Å². The normalized spacial score (nSPS) is 11.7. The van der Waals surface area contributed by atoms with Gasteiger partial charge in [-0.05, 0) is 37.4 Å². The van der Waals surface area contributed by atoms with E-state index in [1.54, 1.807) is 18.9 Å². The molecule has 0 aliphatic heterocycles. The molecule has 1 aromatic heterocycles. The first-order chi connectivity index (χ1) is 14.5. The summed E-state index contributed by atoms with van der Waals surface area (Å²) >= 11 is 2.92. The molecule has 1 atom stereocenters. The highest BCUT2D eigenvalue weighted by molar-refractivity contribution is 7.99. The number of amides is 1. The maximum absolute atomic E-state index is 12.4. The monoisotopic (exact) mass is 444 g/mol. The Labute approximate surface area is 184 Å². The number of nitrogens with zero attached hydrogens (tertiary/aromatic N) is 3. The van der Waals surface area contributed by atoms with Crippen LogP contribution in [0, 0.1) is 0 Å². The number of aromatic nitrogens is 3. The smallest absolute Gasteiger partial charge is 0.234 e. The Hall–Kier alpha value is -2.65. The average molecular weight is 445 g/mol. The molecule has 3 aromatic rings. The van der Waals surface area contributed by atoms with Crippen LogP contribution in [0.15, 0.2) is 58.6 Å². The van der Waals surface area contributed by atoms with E-state index < -0.39 is 0 Å². The molecule has 2 aromatic carbocycles. The molecule has 0 fully saturated rings. The van der Waals surface area contributed by atoms with E-state index in [2.05, 4.69) is 15.5 Å². The van der Waals surface area contributed by atoms with Gasteiger partial charge in [-0.1, -0.05) is 36.0 Å². The summed E-state index contributed by atoms with van der Waals surface area (Å²) in [5.74, 6) is 2.09. The van der Waals surface area contributed by atoms with E-state index >= 15 is 0 Å². The fraction of sp³-hybridized carbons (Fsp3) is 0.286. The second-order valence-electron chi connectivity index (χ2n) is 6.35. The van der Waals surface area contributed by atoms with Gasteiger partial charge in [0, 0.05) is 11.9 Å². The Morgan fingerprint density at radius 2 is 1.83 bits per heavy atom. The Kier molecular flexibility index (Phi) is 7.64. The zero-order valence-electron chi connectivity index (χ0n) is 17.3. The molecule has 0 aliphatic rings. The summed E-state index contributed by atoms with van der Waals surface area (Å²) in [5, 5.41) is 12.1. The van der Waals surface area contributed by atoms with Crippen molar-refractivity contribution in [2.24, 2.45) is 7.05 Å². The number of rotatable bonds is 9. The molecular formula is C21H24N4O3S2. The van der Waals surface area contributed by atoms with Gasteiger partial charge >= 0.3 is 0 Å². The summed E-state index contributed by atoms with van der Waals surface area (Å²) in [6.45, 7) is 1.90. The highest BCUT2D eigenvalue weighted by Gasteiger charge is 2.19. The van der Waals surface area contributed by atoms with Gasteiger partial charge in [0.05, 0.1) is 18.6 Å². The van der Waals surface area contributed by atoms with Crippen LogP contribution in [0.3, 0.4) is 0 Å². The zero-order valence-corrected chi connectivity index (χ0v) is 18.9. The van der Waals surface area contributed by atoms with Gasteiger partial charge in [0.25, 0.3) is 0 Å². The van der Waals surface area contributed by atoms with Crippen LogP contribution in [0.2, 0.25) is 0 Å². The third kappa shape index (κ3) is 5.28. The molecule has 7 nitrogen and oxygen atoms in total. The standard InChI is InChI=1S/C21H24N4O3S2/c1-14(28-17-11-7-6-10-16(17)27-3)20-23-24-21(25(20)2)30-13-19(26)22-15-9-5-8-12-18(15)29-4/h5-12,14H,13H2,1-4H3,(H,22,26). The fourth-order valence-electron chi connectivity index (χ4n) is 2.83. The van der Waals surface area contributed by atoms with E-state index in [0.29, 0.717) is 22.5 Å². The van der Waals surface area contributed by atoms with Crippen LogP contribution in [0.25, 0.3) is 0 Å². The van der Waals surface area contributed by atoms with Crippen molar-refractivity contribution < 1.29 is 14.3 Å². The molecule has 0 saturated heterocycles. The summed E-state index contributed by atoms with van der Waals surface area (Å²) in [5.41, 5.74) is 0.813. The second kappa shape index (κ2) is 10.4. The minimum atomic E-state index is -0.338. The van der Waals surface area contributed by atoms with Crippen LogP contribution in [0.4, 0.5) is 5.69 Å². The maximum atomic E-state index is 12.4. The number of hydrogen-bond acceptors (Lipinski definition) is 7. The molecule has 30 heavy (non-hydrogen) atoms. The predicted octanol–water partition coefficient (Wildman–Crippen LogP) is 4.42. The number of methoxy groups -OCH3 is 1. The number of anilines is 1. The molecule has 0 bridgehead atoms. The fourth-order valence-corrected chi connectivity index (χ4v) is 4.10. The molecule has 1 unspecified atom stereocenters. The van der Waals surface area contributed by atoms with Gasteiger partial charge in [-0.3, -0.25) is 4.79 Å². The summed E-state index contributed by atoms with van der Waals surface area (Å²) in [6.07, 6.45) is 1.64. The van der Waals surface area contributed by atoms with E-state index in [0.717, 1.165) is 10.6 Å². The Balaban J connectivity index is 1.61. The Morgan fingerprint density at radius 1 is 1.13 bits per heavy atom. The van der Waals surface area contributed by atoms with Crippen molar-refractivity contribution in [3.05, 3.63) is 54.4 Å². The molecule has 158 valence electrons. The van der Waals surface area contributed by atoms with E-state index in [-0.39, 0.29) is 17.8 Å². The van der Waals surface area contributed by atoms with E-state index in [4.69, 9.17) is 9.47 Å². The topological polar surface area (TPSA) is 78.3 Å². The summed E-state index contributed by atoms with van der Waals surface area (Å²) in [4.78, 5) is 13.4. The Bertz CT molecular complexity index is 1010. The molecule has 0 saturated carbocycles. The molecule has 1 amide bonds. The molecule has 0 radical (unpaired) electrons. The highest BCUT2D eigenvalue weighted by atomic mass is 32.2. The van der Waals surface area contributed by atoms with Crippen molar-refractivity contribution in [2.75, 3.05) is 24.4 Å². The lowest BCUT2D eigenvalue weighted by Crippen LogP contribution is -2.15. The number of carbonyl (C=O) groups is 1.